The summed E-state index contributed by atoms with van der Waals surface area (Å²) in [6, 6.07) is 3.43. The van der Waals surface area contributed by atoms with E-state index in [-0.39, 0.29) is 10.6 Å². The van der Waals surface area contributed by atoms with Crippen molar-refractivity contribution in [3.05, 3.63) is 34.6 Å². The number of hydrogen-bond donors (Lipinski definition) is 0. The van der Waals surface area contributed by atoms with Crippen LogP contribution in [0.3, 0.4) is 0 Å². The third kappa shape index (κ3) is 2.42. The number of carbonyl (C=O) groups is 1. The Bertz CT molecular complexity index is 401. The summed E-state index contributed by atoms with van der Waals surface area (Å²) in [5, 5.41) is 2.03. The Kier molecular flexibility index (Phi) is 3.25. The van der Waals surface area contributed by atoms with E-state index in [1.54, 1.807) is 0 Å². The number of thiocarbonyl (C=S) groups is 1. The van der Waals surface area contributed by atoms with Crippen LogP contribution in [-0.4, -0.2) is 11.1 Å². The number of halogens is 2. The first-order valence-electron chi connectivity index (χ1n) is 3.22. The smallest absolute Gasteiger partial charge is 0.266 e. The standard InChI is InChI=1S/C8H3ClFNOS/c9-7-2-1-5(10)3-6(7)8(12)11-4-13/h1-3H. The molecular formula is C8H3ClFNOS. The van der Waals surface area contributed by atoms with Crippen LogP contribution in [0.25, 0.3) is 0 Å². The van der Waals surface area contributed by atoms with Crippen LogP contribution in [0.4, 0.5) is 4.39 Å². The van der Waals surface area contributed by atoms with Gasteiger partial charge < -0.3 is 0 Å². The van der Waals surface area contributed by atoms with Crippen LogP contribution in [0.15, 0.2) is 23.2 Å². The summed E-state index contributed by atoms with van der Waals surface area (Å²) in [6.07, 6.45) is 0. The van der Waals surface area contributed by atoms with Gasteiger partial charge in [-0.05, 0) is 30.4 Å². The van der Waals surface area contributed by atoms with Crippen molar-refractivity contribution >= 4 is 34.9 Å². The van der Waals surface area contributed by atoms with Crippen LogP contribution in [0.1, 0.15) is 10.4 Å². The van der Waals surface area contributed by atoms with Crippen molar-refractivity contribution in [2.45, 2.75) is 0 Å². The van der Waals surface area contributed by atoms with Crippen LogP contribution in [0.5, 0.6) is 0 Å². The van der Waals surface area contributed by atoms with Gasteiger partial charge in [0, 0.05) is 0 Å². The van der Waals surface area contributed by atoms with Crippen molar-refractivity contribution in [1.29, 1.82) is 0 Å². The summed E-state index contributed by atoms with van der Waals surface area (Å²) in [6.45, 7) is 0. The lowest BCUT2D eigenvalue weighted by molar-refractivity contribution is 0.100. The highest BCUT2D eigenvalue weighted by molar-refractivity contribution is 7.78. The van der Waals surface area contributed by atoms with Crippen LogP contribution in [-0.2, 0) is 0 Å². The molecule has 1 aromatic rings. The first kappa shape index (κ1) is 9.99. The highest BCUT2D eigenvalue weighted by atomic mass is 35.5. The summed E-state index contributed by atoms with van der Waals surface area (Å²) in [5.74, 6) is -1.24. The number of rotatable bonds is 1. The van der Waals surface area contributed by atoms with Crippen LogP contribution < -0.4 is 0 Å². The molecule has 0 aromatic heterocycles. The molecule has 2 nitrogen and oxygen atoms in total. The molecule has 0 saturated carbocycles. The molecule has 0 spiro atoms. The van der Waals surface area contributed by atoms with Crippen LogP contribution >= 0.6 is 23.8 Å². The highest BCUT2D eigenvalue weighted by Crippen LogP contribution is 2.17. The topological polar surface area (TPSA) is 29.4 Å². The predicted octanol–water partition coefficient (Wildman–Crippen LogP) is 2.72. The summed E-state index contributed by atoms with van der Waals surface area (Å²) in [4.78, 5) is 14.2. The zero-order valence-electron chi connectivity index (χ0n) is 6.25. The maximum Gasteiger partial charge on any atom is 0.287 e. The Morgan fingerprint density at radius 1 is 1.62 bits per heavy atom. The number of carbonyl (C=O) groups excluding carboxylic acids is 1. The normalized spacial score (nSPS) is 9.08. The van der Waals surface area contributed by atoms with E-state index in [2.05, 4.69) is 17.2 Å². The fourth-order valence-electron chi connectivity index (χ4n) is 0.763. The molecule has 1 amide bonds. The minimum absolute atomic E-state index is 0.0148. The Morgan fingerprint density at radius 2 is 2.31 bits per heavy atom. The van der Waals surface area contributed by atoms with Gasteiger partial charge in [-0.3, -0.25) is 4.79 Å². The fourth-order valence-corrected chi connectivity index (χ4v) is 1.04. The molecule has 0 saturated heterocycles. The molecule has 0 radical (unpaired) electrons. The van der Waals surface area contributed by atoms with E-state index >= 15 is 0 Å². The van der Waals surface area contributed by atoms with Gasteiger partial charge in [0.25, 0.3) is 5.91 Å². The van der Waals surface area contributed by atoms with Crippen LogP contribution in [0.2, 0.25) is 5.02 Å². The van der Waals surface area contributed by atoms with E-state index in [1.807, 2.05) is 5.16 Å². The molecule has 5 heteroatoms. The van der Waals surface area contributed by atoms with Crippen molar-refractivity contribution in [2.24, 2.45) is 4.99 Å². The van der Waals surface area contributed by atoms with Gasteiger partial charge in [-0.15, -0.1) is 0 Å². The second-order valence-corrected chi connectivity index (χ2v) is 2.72. The largest absolute Gasteiger partial charge is 0.287 e. The molecule has 13 heavy (non-hydrogen) atoms. The van der Waals surface area contributed by atoms with Gasteiger partial charge in [0.2, 0.25) is 0 Å². The first-order valence-corrected chi connectivity index (χ1v) is 4.01. The molecule has 0 aliphatic carbocycles. The number of hydrogen-bond acceptors (Lipinski definition) is 2. The predicted molar refractivity (Wildman–Crippen MR) is 50.8 cm³/mol. The van der Waals surface area contributed by atoms with Gasteiger partial charge in [0.1, 0.15) is 5.82 Å². The van der Waals surface area contributed by atoms with E-state index in [9.17, 15) is 9.18 Å². The molecule has 1 rings (SSSR count). The van der Waals surface area contributed by atoms with E-state index in [1.165, 1.54) is 6.07 Å². The fraction of sp³-hybridized carbons (Fsp3) is 0. The van der Waals surface area contributed by atoms with Crippen molar-refractivity contribution in [3.63, 3.8) is 0 Å². The SMILES string of the molecule is O=C(N=C=S)c1cc(F)ccc1Cl. The molecule has 0 fully saturated rings. The average molecular weight is 216 g/mol. The van der Waals surface area contributed by atoms with Crippen molar-refractivity contribution < 1.29 is 9.18 Å². The summed E-state index contributed by atoms with van der Waals surface area (Å²) in [5.41, 5.74) is -0.0148. The third-order valence-electron chi connectivity index (χ3n) is 1.31. The molecule has 1 aromatic carbocycles. The molecule has 66 valence electrons. The summed E-state index contributed by atoms with van der Waals surface area (Å²) < 4.78 is 12.6. The number of amides is 1. The van der Waals surface area contributed by atoms with E-state index in [0.717, 1.165) is 12.1 Å². The lowest BCUT2D eigenvalue weighted by atomic mass is 10.2. The maximum atomic E-state index is 12.6. The van der Waals surface area contributed by atoms with Crippen molar-refractivity contribution in [1.82, 2.24) is 0 Å². The second kappa shape index (κ2) is 4.23. The molecule has 0 bridgehead atoms. The zero-order chi connectivity index (χ0) is 9.84. The summed E-state index contributed by atoms with van der Waals surface area (Å²) in [7, 11) is 0. The highest BCUT2D eigenvalue weighted by Gasteiger charge is 2.09. The van der Waals surface area contributed by atoms with Gasteiger partial charge in [-0.25, -0.2) is 4.39 Å². The Labute approximate surface area is 84.0 Å². The minimum atomic E-state index is -0.695. The Hall–Kier alpha value is -1.09. The van der Waals surface area contributed by atoms with Crippen molar-refractivity contribution in [3.8, 4) is 0 Å². The minimum Gasteiger partial charge on any atom is -0.266 e. The van der Waals surface area contributed by atoms with E-state index in [0.29, 0.717) is 0 Å². The number of aliphatic imine (C=N–C) groups is 1. The van der Waals surface area contributed by atoms with Gasteiger partial charge >= 0.3 is 0 Å². The molecule has 0 N–H and O–H groups in total. The molecule has 0 atom stereocenters. The Morgan fingerprint density at radius 3 is 2.92 bits per heavy atom. The lowest BCUT2D eigenvalue weighted by Crippen LogP contribution is -1.96. The van der Waals surface area contributed by atoms with Gasteiger partial charge in [0.05, 0.1) is 15.7 Å². The van der Waals surface area contributed by atoms with E-state index in [4.69, 9.17) is 11.6 Å². The average Bonchev–Trinajstić information content (AvgIpc) is 2.09. The number of isothiocyanates is 1. The Balaban J connectivity index is 3.20. The van der Waals surface area contributed by atoms with Crippen LogP contribution in [0, 0.1) is 5.82 Å². The maximum absolute atomic E-state index is 12.6. The van der Waals surface area contributed by atoms with Gasteiger partial charge in [-0.2, -0.15) is 4.99 Å². The van der Waals surface area contributed by atoms with Gasteiger partial charge in [0.15, 0.2) is 0 Å². The lowest BCUT2D eigenvalue weighted by Gasteiger charge is -1.97. The van der Waals surface area contributed by atoms with E-state index < -0.39 is 11.7 Å². The number of nitrogens with zero attached hydrogens (tertiary/aromatic N) is 1. The molecular weight excluding hydrogens is 213 g/mol. The molecule has 0 aliphatic rings. The molecule has 0 unspecified atom stereocenters. The quantitative estimate of drug-likeness (QED) is 0.533. The number of benzene rings is 1. The second-order valence-electron chi connectivity index (χ2n) is 2.13. The summed E-state index contributed by atoms with van der Waals surface area (Å²) >= 11 is 9.85. The first-order chi connectivity index (χ1) is 6.15. The zero-order valence-corrected chi connectivity index (χ0v) is 7.82. The monoisotopic (exact) mass is 215 g/mol. The van der Waals surface area contributed by atoms with Gasteiger partial charge in [-0.1, -0.05) is 11.6 Å². The molecule has 0 heterocycles. The third-order valence-corrected chi connectivity index (χ3v) is 1.73. The molecule has 0 aliphatic heterocycles. The van der Waals surface area contributed by atoms with Crippen molar-refractivity contribution in [2.75, 3.05) is 0 Å².